The highest BCUT2D eigenvalue weighted by atomic mass is 35.5. The topological polar surface area (TPSA) is 149 Å². The second-order valence-electron chi connectivity index (χ2n) is 12.3. The van der Waals surface area contributed by atoms with Crippen LogP contribution in [0.25, 0.3) is 0 Å². The van der Waals surface area contributed by atoms with Crippen LogP contribution in [0.4, 0.5) is 19.0 Å². The van der Waals surface area contributed by atoms with Crippen LogP contribution in [-0.4, -0.2) is 56.1 Å². The molecule has 6 unspecified atom stereocenters. The molecule has 16 heteroatoms. The molecule has 254 valence electrons. The number of rotatable bonds is 5. The largest absolute Gasteiger partial charge is 0.508 e. The number of nitrogens with one attached hydrogen (secondary N) is 1. The zero-order chi connectivity index (χ0) is 35.2. The first-order valence-electron chi connectivity index (χ1n) is 15.0. The van der Waals surface area contributed by atoms with Crippen molar-refractivity contribution in [2.45, 2.75) is 30.4 Å². The zero-order valence-electron chi connectivity index (χ0n) is 25.2. The number of phenols is 1. The lowest BCUT2D eigenvalue weighted by molar-refractivity contribution is -0.173. The van der Waals surface area contributed by atoms with Crippen LogP contribution in [-0.2, 0) is 30.8 Å². The third-order valence-corrected chi connectivity index (χ3v) is 10.6. The van der Waals surface area contributed by atoms with E-state index in [1.165, 1.54) is 31.4 Å². The average molecular weight is 717 g/mol. The molecule has 3 heterocycles. The Balaban J connectivity index is 1.47. The van der Waals surface area contributed by atoms with Crippen LogP contribution < -0.4 is 10.2 Å². The number of hydrogen-bond donors (Lipinski definition) is 3. The Bertz CT molecular complexity index is 1970. The first-order chi connectivity index (χ1) is 23.2. The quantitative estimate of drug-likeness (QED) is 0.177. The molecule has 3 aromatic rings. The summed E-state index contributed by atoms with van der Waals surface area (Å²) < 4.78 is 45.8. The molecule has 1 saturated carbocycles. The van der Waals surface area contributed by atoms with Gasteiger partial charge in [0, 0.05) is 22.7 Å². The van der Waals surface area contributed by atoms with E-state index in [9.17, 15) is 37.9 Å². The Morgan fingerprint density at radius 1 is 1.02 bits per heavy atom. The number of pyridine rings is 1. The van der Waals surface area contributed by atoms with Crippen LogP contribution in [0.2, 0.25) is 10.0 Å². The molecule has 3 N–H and O–H groups in total. The van der Waals surface area contributed by atoms with Gasteiger partial charge in [-0.05, 0) is 54.7 Å². The molecule has 2 saturated heterocycles. The van der Waals surface area contributed by atoms with Gasteiger partial charge in [-0.2, -0.15) is 23.2 Å². The number of hydrazine groups is 1. The number of phenolic OH excluding ortho intramolecular Hbond substituents is 1. The Labute approximate surface area is 285 Å². The van der Waals surface area contributed by atoms with E-state index in [1.807, 2.05) is 0 Å². The minimum atomic E-state index is -4.77. The number of alkyl halides is 3. The number of carbonyl (C=O) groups excluding carboxylic acids is 4. The molecule has 0 bridgehead atoms. The summed E-state index contributed by atoms with van der Waals surface area (Å²) >= 11 is 12.4. The number of allylic oxidation sites excluding steroid dienone is 2. The molecule has 0 radical (unpaired) electrons. The summed E-state index contributed by atoms with van der Waals surface area (Å²) in [5, 5.41) is 22.3. The van der Waals surface area contributed by atoms with E-state index >= 15 is 4.79 Å². The van der Waals surface area contributed by atoms with Crippen LogP contribution >= 0.6 is 23.2 Å². The van der Waals surface area contributed by atoms with Crippen molar-refractivity contribution < 1.29 is 47.4 Å². The molecule has 2 aliphatic heterocycles. The fourth-order valence-corrected chi connectivity index (χ4v) is 8.42. The van der Waals surface area contributed by atoms with E-state index in [1.54, 1.807) is 24.3 Å². The number of halogens is 5. The van der Waals surface area contributed by atoms with E-state index in [0.717, 1.165) is 0 Å². The van der Waals surface area contributed by atoms with Gasteiger partial charge in [-0.3, -0.25) is 29.8 Å². The number of aromatic hydroxyl groups is 1. The SMILES string of the molecule is COc1cccc(O)c1C1C2=CCC3C(=O)N(O)C(=O)C3C2CC2C(=O)N(Nc3ncc(C(F)(F)F)cc3Cl)C(=O)C21c1ccc(Cl)cc1. The highest BCUT2D eigenvalue weighted by Gasteiger charge is 2.71. The first-order valence-corrected chi connectivity index (χ1v) is 15.7. The molecule has 4 amide bonds. The summed E-state index contributed by atoms with van der Waals surface area (Å²) in [4.78, 5) is 59.7. The highest BCUT2D eigenvalue weighted by Crippen LogP contribution is 2.65. The van der Waals surface area contributed by atoms with Gasteiger partial charge in [0.1, 0.15) is 11.5 Å². The van der Waals surface area contributed by atoms with Gasteiger partial charge in [-0.1, -0.05) is 53.1 Å². The summed E-state index contributed by atoms with van der Waals surface area (Å²) in [5.41, 5.74) is 0.370. The fraction of sp³-hybridized carbons (Fsp3) is 0.303. The molecule has 1 aromatic heterocycles. The summed E-state index contributed by atoms with van der Waals surface area (Å²) in [6.07, 6.45) is -2.72. The van der Waals surface area contributed by atoms with Crippen LogP contribution in [0.1, 0.15) is 35.4 Å². The number of nitrogens with zero attached hydrogens (tertiary/aromatic N) is 3. The molecular weight excluding hydrogens is 692 g/mol. The van der Waals surface area contributed by atoms with Crippen molar-refractivity contribution >= 4 is 52.6 Å². The van der Waals surface area contributed by atoms with Crippen molar-refractivity contribution in [3.63, 3.8) is 0 Å². The Morgan fingerprint density at radius 3 is 2.39 bits per heavy atom. The van der Waals surface area contributed by atoms with Crippen LogP contribution in [0.5, 0.6) is 11.5 Å². The molecule has 4 aliphatic rings. The Morgan fingerprint density at radius 2 is 1.73 bits per heavy atom. The van der Waals surface area contributed by atoms with Gasteiger partial charge < -0.3 is 9.84 Å². The molecule has 0 spiro atoms. The summed E-state index contributed by atoms with van der Waals surface area (Å²) in [6, 6.07) is 11.2. The minimum Gasteiger partial charge on any atom is -0.508 e. The van der Waals surface area contributed by atoms with Gasteiger partial charge in [-0.15, -0.1) is 0 Å². The van der Waals surface area contributed by atoms with Gasteiger partial charge in [0.15, 0.2) is 5.82 Å². The lowest BCUT2D eigenvalue weighted by Gasteiger charge is -2.50. The number of fused-ring (bicyclic) bond motifs is 4. The third kappa shape index (κ3) is 4.71. The number of amides is 4. The monoisotopic (exact) mass is 716 g/mol. The Hall–Kier alpha value is -4.66. The lowest BCUT2D eigenvalue weighted by atomic mass is 9.49. The van der Waals surface area contributed by atoms with Gasteiger partial charge in [0.2, 0.25) is 0 Å². The summed E-state index contributed by atoms with van der Waals surface area (Å²) in [7, 11) is 1.35. The normalized spacial score (nSPS) is 27.9. The first kappa shape index (κ1) is 32.9. The molecule has 7 rings (SSSR count). The number of benzene rings is 2. The fourth-order valence-electron chi connectivity index (χ4n) is 8.08. The predicted molar refractivity (Wildman–Crippen MR) is 165 cm³/mol. The summed E-state index contributed by atoms with van der Waals surface area (Å²) in [5.74, 6) is -9.30. The molecule has 3 fully saturated rings. The van der Waals surface area contributed by atoms with E-state index < -0.39 is 81.2 Å². The Kier molecular flexibility index (Phi) is 7.69. The van der Waals surface area contributed by atoms with Crippen molar-refractivity contribution in [1.29, 1.82) is 0 Å². The van der Waals surface area contributed by atoms with Crippen LogP contribution in [0.3, 0.4) is 0 Å². The van der Waals surface area contributed by atoms with Gasteiger partial charge in [0.25, 0.3) is 23.6 Å². The van der Waals surface area contributed by atoms with Crippen LogP contribution in [0.15, 0.2) is 66.4 Å². The third-order valence-electron chi connectivity index (χ3n) is 10.1. The van der Waals surface area contributed by atoms with Gasteiger partial charge in [0.05, 0.1) is 40.9 Å². The maximum Gasteiger partial charge on any atom is 0.417 e. The number of imide groups is 2. The number of hydroxylamine groups is 2. The van der Waals surface area contributed by atoms with E-state index in [0.29, 0.717) is 33.4 Å². The molecule has 6 atom stereocenters. The predicted octanol–water partition coefficient (Wildman–Crippen LogP) is 5.50. The van der Waals surface area contributed by atoms with Crippen molar-refractivity contribution in [3.8, 4) is 11.5 Å². The highest BCUT2D eigenvalue weighted by molar-refractivity contribution is 6.33. The molecule has 2 aliphatic carbocycles. The van der Waals surface area contributed by atoms with Crippen molar-refractivity contribution in [2.24, 2.45) is 23.7 Å². The number of carbonyl (C=O) groups is 4. The smallest absolute Gasteiger partial charge is 0.417 e. The van der Waals surface area contributed by atoms with E-state index in [4.69, 9.17) is 27.9 Å². The van der Waals surface area contributed by atoms with Gasteiger partial charge in [-0.25, -0.2) is 4.98 Å². The maximum absolute atomic E-state index is 15.1. The molecule has 11 nitrogen and oxygen atoms in total. The number of ether oxygens (including phenoxy) is 1. The number of aromatic nitrogens is 1. The zero-order valence-corrected chi connectivity index (χ0v) is 26.8. The minimum absolute atomic E-state index is 0.0150. The molecular formula is C33H25Cl2F3N4O7. The summed E-state index contributed by atoms with van der Waals surface area (Å²) in [6.45, 7) is 0. The number of hydrogen-bond acceptors (Lipinski definition) is 9. The van der Waals surface area contributed by atoms with Crippen LogP contribution in [0, 0.1) is 23.7 Å². The van der Waals surface area contributed by atoms with Crippen molar-refractivity contribution in [3.05, 3.63) is 93.1 Å². The second kappa shape index (κ2) is 11.5. The van der Waals surface area contributed by atoms with Crippen molar-refractivity contribution in [2.75, 3.05) is 12.5 Å². The molecule has 2 aromatic carbocycles. The average Bonchev–Trinajstić information content (AvgIpc) is 3.42. The van der Waals surface area contributed by atoms with Crippen molar-refractivity contribution in [1.82, 2.24) is 15.1 Å². The van der Waals surface area contributed by atoms with Gasteiger partial charge >= 0.3 is 6.18 Å². The van der Waals surface area contributed by atoms with E-state index in [2.05, 4.69) is 10.4 Å². The second-order valence-corrected chi connectivity index (χ2v) is 13.1. The van der Waals surface area contributed by atoms with E-state index in [-0.39, 0.29) is 35.0 Å². The lowest BCUT2D eigenvalue weighted by Crippen LogP contribution is -2.53. The number of anilines is 1. The molecule has 49 heavy (non-hydrogen) atoms. The standard InChI is InChI=1S/C33H25Cl2F3N4O7/c1-49-23-4-2-3-22(43)25(23)26-17-9-10-18-24(30(46)42(48)28(18)44)19(17)12-20-29(45)41(31(47)32(20,26)14-5-7-16(34)8-6-14)40-27-21(35)11-15(13-39-27)33(36,37)38/h2-9,11,13,18-20,24,26,43,48H,10,12H2,1H3,(H,39,40). The number of methoxy groups -OCH3 is 1. The maximum atomic E-state index is 15.1.